The zero-order chi connectivity index (χ0) is 11.5. The summed E-state index contributed by atoms with van der Waals surface area (Å²) in [6.07, 6.45) is -1.55. The van der Waals surface area contributed by atoms with Crippen LogP contribution in [-0.2, 0) is 6.18 Å². The Morgan fingerprint density at radius 3 is 2.60 bits per heavy atom. The van der Waals surface area contributed by atoms with Crippen molar-refractivity contribution in [2.24, 2.45) is 0 Å². The van der Waals surface area contributed by atoms with E-state index < -0.39 is 11.9 Å². The van der Waals surface area contributed by atoms with Gasteiger partial charge in [0.25, 0.3) is 0 Å². The SMILES string of the molecule is CCCC(C)c1cccnc1C(F)(F)F. The summed E-state index contributed by atoms with van der Waals surface area (Å²) in [5, 5.41) is 0. The van der Waals surface area contributed by atoms with Crippen LogP contribution in [0, 0.1) is 0 Å². The van der Waals surface area contributed by atoms with Gasteiger partial charge in [0, 0.05) is 6.20 Å². The minimum atomic E-state index is -4.35. The van der Waals surface area contributed by atoms with E-state index in [1.807, 2.05) is 6.92 Å². The molecule has 0 radical (unpaired) electrons. The van der Waals surface area contributed by atoms with E-state index in [4.69, 9.17) is 0 Å². The number of rotatable bonds is 3. The van der Waals surface area contributed by atoms with Crippen LogP contribution in [0.15, 0.2) is 18.3 Å². The number of halogens is 3. The summed E-state index contributed by atoms with van der Waals surface area (Å²) in [6.45, 7) is 3.76. The standard InChI is InChI=1S/C11H14F3N/c1-3-5-8(2)9-6-4-7-15-10(9)11(12,13)14/h4,6-8H,3,5H2,1-2H3. The van der Waals surface area contributed by atoms with Gasteiger partial charge < -0.3 is 0 Å². The monoisotopic (exact) mass is 217 g/mol. The second-order valence-electron chi connectivity index (χ2n) is 3.63. The third-order valence-corrected chi connectivity index (χ3v) is 2.36. The third kappa shape index (κ3) is 2.94. The van der Waals surface area contributed by atoms with E-state index in [9.17, 15) is 13.2 Å². The van der Waals surface area contributed by atoms with Crippen LogP contribution in [0.2, 0.25) is 0 Å². The number of pyridine rings is 1. The molecule has 1 aromatic rings. The summed E-state index contributed by atoms with van der Waals surface area (Å²) in [7, 11) is 0. The molecule has 84 valence electrons. The van der Waals surface area contributed by atoms with E-state index in [0.29, 0.717) is 5.56 Å². The molecule has 15 heavy (non-hydrogen) atoms. The van der Waals surface area contributed by atoms with Gasteiger partial charge in [0.1, 0.15) is 5.69 Å². The molecule has 0 aliphatic heterocycles. The molecule has 1 atom stereocenters. The second-order valence-corrected chi connectivity index (χ2v) is 3.63. The van der Waals surface area contributed by atoms with Crippen molar-refractivity contribution < 1.29 is 13.2 Å². The van der Waals surface area contributed by atoms with Crippen molar-refractivity contribution in [1.29, 1.82) is 0 Å². The number of nitrogens with zero attached hydrogens (tertiary/aromatic N) is 1. The Hall–Kier alpha value is -1.06. The highest BCUT2D eigenvalue weighted by molar-refractivity contribution is 5.25. The molecular formula is C11H14F3N. The molecule has 4 heteroatoms. The first kappa shape index (κ1) is 12.0. The van der Waals surface area contributed by atoms with Crippen LogP contribution >= 0.6 is 0 Å². The number of hydrogen-bond donors (Lipinski definition) is 0. The lowest BCUT2D eigenvalue weighted by atomic mass is 9.95. The molecule has 0 N–H and O–H groups in total. The van der Waals surface area contributed by atoms with Gasteiger partial charge in [-0.25, -0.2) is 0 Å². The predicted octanol–water partition coefficient (Wildman–Crippen LogP) is 4.00. The Morgan fingerprint density at radius 2 is 2.07 bits per heavy atom. The van der Waals surface area contributed by atoms with Crippen LogP contribution in [0.4, 0.5) is 13.2 Å². The zero-order valence-electron chi connectivity index (χ0n) is 8.80. The van der Waals surface area contributed by atoms with Gasteiger partial charge >= 0.3 is 6.18 Å². The molecule has 0 aromatic carbocycles. The van der Waals surface area contributed by atoms with Gasteiger partial charge in [-0.3, -0.25) is 4.98 Å². The van der Waals surface area contributed by atoms with Gasteiger partial charge in [-0.1, -0.05) is 26.3 Å². The molecule has 0 aliphatic carbocycles. The summed E-state index contributed by atoms with van der Waals surface area (Å²) >= 11 is 0. The van der Waals surface area contributed by atoms with Gasteiger partial charge in [-0.05, 0) is 24.0 Å². The van der Waals surface area contributed by atoms with Crippen LogP contribution in [-0.4, -0.2) is 4.98 Å². The lowest BCUT2D eigenvalue weighted by Crippen LogP contribution is -2.13. The first-order chi connectivity index (χ1) is 6.96. The quantitative estimate of drug-likeness (QED) is 0.745. The molecular weight excluding hydrogens is 203 g/mol. The fourth-order valence-corrected chi connectivity index (χ4v) is 1.64. The molecule has 1 aromatic heterocycles. The van der Waals surface area contributed by atoms with E-state index in [-0.39, 0.29) is 5.92 Å². The summed E-state index contributed by atoms with van der Waals surface area (Å²) in [5.41, 5.74) is -0.446. The lowest BCUT2D eigenvalue weighted by molar-refractivity contribution is -0.142. The van der Waals surface area contributed by atoms with Gasteiger partial charge in [0.05, 0.1) is 0 Å². The maximum atomic E-state index is 12.6. The minimum absolute atomic E-state index is 0.0969. The van der Waals surface area contributed by atoms with E-state index in [1.54, 1.807) is 13.0 Å². The Morgan fingerprint density at radius 1 is 1.40 bits per heavy atom. The van der Waals surface area contributed by atoms with E-state index >= 15 is 0 Å². The molecule has 0 spiro atoms. The maximum absolute atomic E-state index is 12.6. The Bertz CT molecular complexity index is 320. The first-order valence-electron chi connectivity index (χ1n) is 4.99. The topological polar surface area (TPSA) is 12.9 Å². The summed E-state index contributed by atoms with van der Waals surface area (Å²) < 4.78 is 37.8. The van der Waals surface area contributed by atoms with Crippen molar-refractivity contribution in [3.05, 3.63) is 29.6 Å². The Balaban J connectivity index is 3.06. The van der Waals surface area contributed by atoms with Gasteiger partial charge in [-0.15, -0.1) is 0 Å². The van der Waals surface area contributed by atoms with Crippen molar-refractivity contribution in [2.75, 3.05) is 0 Å². The summed E-state index contributed by atoms with van der Waals surface area (Å²) in [5.74, 6) is -0.0969. The van der Waals surface area contributed by atoms with Crippen LogP contribution in [0.5, 0.6) is 0 Å². The van der Waals surface area contributed by atoms with Gasteiger partial charge in [0.2, 0.25) is 0 Å². The highest BCUT2D eigenvalue weighted by Crippen LogP contribution is 2.34. The highest BCUT2D eigenvalue weighted by Gasteiger charge is 2.35. The molecule has 0 saturated carbocycles. The summed E-state index contributed by atoms with van der Waals surface area (Å²) in [6, 6.07) is 3.06. The number of aromatic nitrogens is 1. The van der Waals surface area contributed by atoms with Crippen molar-refractivity contribution in [3.8, 4) is 0 Å². The van der Waals surface area contributed by atoms with E-state index in [1.165, 1.54) is 12.3 Å². The zero-order valence-corrected chi connectivity index (χ0v) is 8.80. The largest absolute Gasteiger partial charge is 0.433 e. The van der Waals surface area contributed by atoms with Crippen molar-refractivity contribution >= 4 is 0 Å². The van der Waals surface area contributed by atoms with Crippen molar-refractivity contribution in [2.45, 2.75) is 38.8 Å². The highest BCUT2D eigenvalue weighted by atomic mass is 19.4. The molecule has 0 aliphatic rings. The van der Waals surface area contributed by atoms with Crippen LogP contribution in [0.25, 0.3) is 0 Å². The molecule has 1 nitrogen and oxygen atoms in total. The smallest absolute Gasteiger partial charge is 0.252 e. The first-order valence-corrected chi connectivity index (χ1v) is 4.99. The molecule has 0 saturated heterocycles. The molecule has 0 fully saturated rings. The fraction of sp³-hybridized carbons (Fsp3) is 0.545. The average molecular weight is 217 g/mol. The van der Waals surface area contributed by atoms with E-state index in [2.05, 4.69) is 4.98 Å². The van der Waals surface area contributed by atoms with Gasteiger partial charge in [-0.2, -0.15) is 13.2 Å². The predicted molar refractivity (Wildman–Crippen MR) is 52.6 cm³/mol. The Kier molecular flexibility index (Phi) is 3.72. The molecule has 1 unspecified atom stereocenters. The van der Waals surface area contributed by atoms with Gasteiger partial charge in [0.15, 0.2) is 0 Å². The molecule has 0 amide bonds. The number of hydrogen-bond acceptors (Lipinski definition) is 1. The van der Waals surface area contributed by atoms with Crippen molar-refractivity contribution in [1.82, 2.24) is 4.98 Å². The molecule has 1 rings (SSSR count). The normalized spacial score (nSPS) is 13.9. The minimum Gasteiger partial charge on any atom is -0.252 e. The lowest BCUT2D eigenvalue weighted by Gasteiger charge is -2.16. The summed E-state index contributed by atoms with van der Waals surface area (Å²) in [4.78, 5) is 3.43. The average Bonchev–Trinajstić information content (AvgIpc) is 2.17. The third-order valence-electron chi connectivity index (χ3n) is 2.36. The van der Waals surface area contributed by atoms with E-state index in [0.717, 1.165) is 12.8 Å². The molecule has 0 bridgehead atoms. The molecule has 1 heterocycles. The van der Waals surface area contributed by atoms with Crippen LogP contribution in [0.1, 0.15) is 43.9 Å². The number of alkyl halides is 3. The fourth-order valence-electron chi connectivity index (χ4n) is 1.64. The Labute approximate surface area is 87.3 Å². The van der Waals surface area contributed by atoms with Crippen LogP contribution < -0.4 is 0 Å². The van der Waals surface area contributed by atoms with Crippen molar-refractivity contribution in [3.63, 3.8) is 0 Å². The maximum Gasteiger partial charge on any atom is 0.433 e. The van der Waals surface area contributed by atoms with Crippen LogP contribution in [0.3, 0.4) is 0 Å². The second kappa shape index (κ2) is 4.64.